The van der Waals surface area contributed by atoms with Crippen LogP contribution in [0.25, 0.3) is 5.65 Å². The first-order valence-electron chi connectivity index (χ1n) is 6.00. The van der Waals surface area contributed by atoms with Crippen LogP contribution in [0.4, 0.5) is 5.82 Å². The van der Waals surface area contributed by atoms with Gasteiger partial charge in [-0.3, -0.25) is 0 Å². The standard InChI is InChI=1S/C12H13N5OS/c1-2-8(9-4-3-5-19-9)14-10-6-11-15-16-12(18)17(11)7-13-10/h3-8,14H,2H2,1H3,(H,16,18). The van der Waals surface area contributed by atoms with Crippen LogP contribution in [0, 0.1) is 0 Å². The van der Waals surface area contributed by atoms with E-state index >= 15 is 0 Å². The third-order valence-electron chi connectivity index (χ3n) is 2.93. The molecule has 3 aromatic heterocycles. The minimum Gasteiger partial charge on any atom is -0.362 e. The van der Waals surface area contributed by atoms with Crippen molar-refractivity contribution in [3.05, 3.63) is 45.3 Å². The molecule has 98 valence electrons. The molecule has 0 aliphatic heterocycles. The van der Waals surface area contributed by atoms with Crippen molar-refractivity contribution in [2.75, 3.05) is 5.32 Å². The molecule has 19 heavy (non-hydrogen) atoms. The maximum Gasteiger partial charge on any atom is 0.348 e. The van der Waals surface area contributed by atoms with E-state index in [1.165, 1.54) is 15.6 Å². The van der Waals surface area contributed by atoms with Crippen LogP contribution in [0.15, 0.2) is 34.7 Å². The zero-order valence-electron chi connectivity index (χ0n) is 10.3. The second-order valence-corrected chi connectivity index (χ2v) is 5.13. The molecule has 0 radical (unpaired) electrons. The normalized spacial score (nSPS) is 12.7. The van der Waals surface area contributed by atoms with Crippen LogP contribution in [0.2, 0.25) is 0 Å². The van der Waals surface area contributed by atoms with Gasteiger partial charge >= 0.3 is 5.69 Å². The van der Waals surface area contributed by atoms with Gasteiger partial charge in [-0.15, -0.1) is 11.3 Å². The Morgan fingerprint density at radius 1 is 1.58 bits per heavy atom. The van der Waals surface area contributed by atoms with E-state index in [9.17, 15) is 4.79 Å². The SMILES string of the molecule is CCC(Nc1cc2n[nH]c(=O)n2cn1)c1cccs1. The molecule has 0 saturated carbocycles. The maximum absolute atomic E-state index is 11.3. The fourth-order valence-corrected chi connectivity index (χ4v) is 2.79. The van der Waals surface area contributed by atoms with Crippen molar-refractivity contribution in [2.45, 2.75) is 19.4 Å². The third kappa shape index (κ3) is 2.24. The molecule has 0 amide bonds. The topological polar surface area (TPSA) is 75.1 Å². The van der Waals surface area contributed by atoms with Gasteiger partial charge in [-0.05, 0) is 17.9 Å². The van der Waals surface area contributed by atoms with Gasteiger partial charge in [0.05, 0.1) is 6.04 Å². The summed E-state index contributed by atoms with van der Waals surface area (Å²) >= 11 is 1.72. The molecule has 1 unspecified atom stereocenters. The molecule has 6 nitrogen and oxygen atoms in total. The molecule has 0 saturated heterocycles. The zero-order valence-corrected chi connectivity index (χ0v) is 11.1. The highest BCUT2D eigenvalue weighted by Gasteiger charge is 2.11. The summed E-state index contributed by atoms with van der Waals surface area (Å²) in [5.74, 6) is 0.715. The Bertz CT molecular complexity index is 730. The molecule has 0 spiro atoms. The molecule has 2 N–H and O–H groups in total. The third-order valence-corrected chi connectivity index (χ3v) is 3.91. The van der Waals surface area contributed by atoms with E-state index in [1.54, 1.807) is 17.4 Å². The lowest BCUT2D eigenvalue weighted by Crippen LogP contribution is -2.12. The van der Waals surface area contributed by atoms with E-state index in [0.29, 0.717) is 11.5 Å². The number of thiophene rings is 1. The monoisotopic (exact) mass is 275 g/mol. The Balaban J connectivity index is 1.90. The second-order valence-electron chi connectivity index (χ2n) is 4.15. The van der Waals surface area contributed by atoms with E-state index in [0.717, 1.165) is 6.42 Å². The lowest BCUT2D eigenvalue weighted by atomic mass is 10.2. The highest BCUT2D eigenvalue weighted by molar-refractivity contribution is 7.10. The van der Waals surface area contributed by atoms with E-state index in [1.807, 2.05) is 6.07 Å². The van der Waals surface area contributed by atoms with Gasteiger partial charge in [0.25, 0.3) is 0 Å². The minimum atomic E-state index is -0.278. The predicted octanol–water partition coefficient (Wildman–Crippen LogP) is 2.04. The van der Waals surface area contributed by atoms with Crippen molar-refractivity contribution in [1.82, 2.24) is 19.6 Å². The van der Waals surface area contributed by atoms with Crippen LogP contribution in [-0.2, 0) is 0 Å². The summed E-state index contributed by atoms with van der Waals surface area (Å²) in [6, 6.07) is 6.12. The fraction of sp³-hybridized carbons (Fsp3) is 0.250. The minimum absolute atomic E-state index is 0.223. The maximum atomic E-state index is 11.3. The lowest BCUT2D eigenvalue weighted by Gasteiger charge is -2.15. The molecule has 3 heterocycles. The number of nitrogens with one attached hydrogen (secondary N) is 2. The Morgan fingerprint density at radius 3 is 3.21 bits per heavy atom. The van der Waals surface area contributed by atoms with Gasteiger partial charge in [0.1, 0.15) is 12.1 Å². The summed E-state index contributed by atoms with van der Waals surface area (Å²) in [4.78, 5) is 16.8. The van der Waals surface area contributed by atoms with E-state index < -0.39 is 0 Å². The predicted molar refractivity (Wildman–Crippen MR) is 74.6 cm³/mol. The van der Waals surface area contributed by atoms with Crippen LogP contribution in [0.1, 0.15) is 24.3 Å². The van der Waals surface area contributed by atoms with Gasteiger partial charge in [-0.2, -0.15) is 5.10 Å². The smallest absolute Gasteiger partial charge is 0.348 e. The Morgan fingerprint density at radius 2 is 2.47 bits per heavy atom. The summed E-state index contributed by atoms with van der Waals surface area (Å²) in [7, 11) is 0. The first-order chi connectivity index (χ1) is 9.28. The van der Waals surface area contributed by atoms with Crippen LogP contribution in [0.3, 0.4) is 0 Å². The summed E-state index contributed by atoms with van der Waals surface area (Å²) in [5, 5.41) is 11.7. The van der Waals surface area contributed by atoms with Crippen LogP contribution < -0.4 is 11.0 Å². The number of aromatic amines is 1. The molecule has 0 aliphatic carbocycles. The Labute approximate surface area is 113 Å². The number of hydrogen-bond acceptors (Lipinski definition) is 5. The van der Waals surface area contributed by atoms with Gasteiger partial charge < -0.3 is 5.32 Å². The van der Waals surface area contributed by atoms with Gasteiger partial charge in [0, 0.05) is 10.9 Å². The summed E-state index contributed by atoms with van der Waals surface area (Å²) < 4.78 is 1.37. The fourth-order valence-electron chi connectivity index (χ4n) is 1.93. The molecule has 3 aromatic rings. The number of nitrogens with zero attached hydrogens (tertiary/aromatic N) is 3. The summed E-state index contributed by atoms with van der Waals surface area (Å²) in [6.07, 6.45) is 2.44. The van der Waals surface area contributed by atoms with E-state index in [4.69, 9.17) is 0 Å². The van der Waals surface area contributed by atoms with E-state index in [2.05, 4.69) is 38.9 Å². The van der Waals surface area contributed by atoms with Crippen molar-refractivity contribution >= 4 is 22.8 Å². The van der Waals surface area contributed by atoms with Crippen molar-refractivity contribution in [1.29, 1.82) is 0 Å². The average Bonchev–Trinajstić information content (AvgIpc) is 3.06. The van der Waals surface area contributed by atoms with Crippen LogP contribution in [0.5, 0.6) is 0 Å². The summed E-state index contributed by atoms with van der Waals surface area (Å²) in [6.45, 7) is 2.12. The number of hydrogen-bond donors (Lipinski definition) is 2. The molecule has 0 aliphatic rings. The molecular weight excluding hydrogens is 262 g/mol. The van der Waals surface area contributed by atoms with Crippen LogP contribution >= 0.6 is 11.3 Å². The largest absolute Gasteiger partial charge is 0.362 e. The van der Waals surface area contributed by atoms with Crippen molar-refractivity contribution in [2.24, 2.45) is 0 Å². The molecule has 0 aromatic carbocycles. The van der Waals surface area contributed by atoms with E-state index in [-0.39, 0.29) is 11.7 Å². The molecule has 1 atom stereocenters. The molecule has 7 heteroatoms. The molecule has 0 bridgehead atoms. The number of rotatable bonds is 4. The van der Waals surface area contributed by atoms with Gasteiger partial charge in [-0.25, -0.2) is 19.3 Å². The quantitative estimate of drug-likeness (QED) is 0.764. The first-order valence-corrected chi connectivity index (χ1v) is 6.88. The first kappa shape index (κ1) is 11.9. The van der Waals surface area contributed by atoms with Crippen molar-refractivity contribution in [3.63, 3.8) is 0 Å². The Kier molecular flexibility index (Phi) is 3.04. The average molecular weight is 275 g/mol. The van der Waals surface area contributed by atoms with Crippen molar-refractivity contribution < 1.29 is 0 Å². The Hall–Kier alpha value is -2.15. The van der Waals surface area contributed by atoms with Gasteiger partial charge in [0.15, 0.2) is 5.65 Å². The highest BCUT2D eigenvalue weighted by atomic mass is 32.1. The van der Waals surface area contributed by atoms with Crippen molar-refractivity contribution in [3.8, 4) is 0 Å². The van der Waals surface area contributed by atoms with Crippen LogP contribution in [-0.4, -0.2) is 19.6 Å². The molecular formula is C12H13N5OS. The summed E-state index contributed by atoms with van der Waals surface area (Å²) in [5.41, 5.74) is 0.280. The number of anilines is 1. The zero-order chi connectivity index (χ0) is 13.2. The number of aromatic nitrogens is 4. The lowest BCUT2D eigenvalue weighted by molar-refractivity contribution is 0.757. The molecule has 0 fully saturated rings. The van der Waals surface area contributed by atoms with Gasteiger partial charge in [-0.1, -0.05) is 13.0 Å². The highest BCUT2D eigenvalue weighted by Crippen LogP contribution is 2.25. The molecule has 3 rings (SSSR count). The number of fused-ring (bicyclic) bond motifs is 1. The van der Waals surface area contributed by atoms with Gasteiger partial charge in [0.2, 0.25) is 0 Å². The second kappa shape index (κ2) is 4.85. The number of H-pyrrole nitrogens is 1.